The van der Waals surface area contributed by atoms with Crippen molar-refractivity contribution in [1.82, 2.24) is 4.98 Å². The van der Waals surface area contributed by atoms with Crippen molar-refractivity contribution in [2.45, 2.75) is 13.8 Å². The van der Waals surface area contributed by atoms with Crippen LogP contribution in [0.4, 0.5) is 10.2 Å². The molecule has 3 aromatic carbocycles. The lowest BCUT2D eigenvalue weighted by molar-refractivity contribution is 0.104. The minimum atomic E-state index is -0.370. The second-order valence-electron chi connectivity index (χ2n) is 7.89. The maximum atomic E-state index is 13.9. The molecule has 0 atom stereocenters. The number of phenols is 1. The van der Waals surface area contributed by atoms with Crippen LogP contribution in [0, 0.1) is 19.7 Å². The summed E-state index contributed by atoms with van der Waals surface area (Å²) in [6.45, 7) is 3.47. The van der Waals surface area contributed by atoms with Gasteiger partial charge in [-0.05, 0) is 73.0 Å². The Bertz CT molecular complexity index is 1510. The summed E-state index contributed by atoms with van der Waals surface area (Å²) in [4.78, 5) is 18.4. The second-order valence-corrected chi connectivity index (χ2v) is 8.94. The van der Waals surface area contributed by atoms with E-state index in [1.807, 2.05) is 24.3 Å². The zero-order chi connectivity index (χ0) is 23.3. The maximum Gasteiger partial charge on any atom is 0.227 e. The molecule has 7 heteroatoms. The average Bonchev–Trinajstić information content (AvgIpc) is 3.36. The number of aromatic nitrogens is 1. The highest BCUT2D eigenvalue weighted by Gasteiger charge is 2.24. The fraction of sp³-hybridized carbons (Fsp3) is 0.0769. The van der Waals surface area contributed by atoms with Crippen molar-refractivity contribution in [3.63, 3.8) is 0 Å². The van der Waals surface area contributed by atoms with Gasteiger partial charge in [0.1, 0.15) is 17.8 Å². The minimum absolute atomic E-state index is 0.125. The minimum Gasteiger partial charge on any atom is -0.508 e. The van der Waals surface area contributed by atoms with Crippen molar-refractivity contribution in [3.8, 4) is 28.3 Å². The summed E-state index contributed by atoms with van der Waals surface area (Å²) in [5.41, 5.74) is 9.66. The number of benzene rings is 3. The average molecular weight is 459 g/mol. The molecule has 0 saturated carbocycles. The van der Waals surface area contributed by atoms with Gasteiger partial charge in [0.15, 0.2) is 5.82 Å². The number of thiophene rings is 1. The van der Waals surface area contributed by atoms with Crippen LogP contribution < -0.4 is 5.73 Å². The molecule has 0 radical (unpaired) electrons. The quantitative estimate of drug-likeness (QED) is 0.300. The van der Waals surface area contributed by atoms with Crippen LogP contribution in [0.1, 0.15) is 26.4 Å². The molecule has 5 nitrogen and oxygen atoms in total. The molecular formula is C26H19FN2O3S. The first-order valence-corrected chi connectivity index (χ1v) is 11.0. The first kappa shape index (κ1) is 20.9. The fourth-order valence-corrected chi connectivity index (χ4v) is 5.32. The van der Waals surface area contributed by atoms with Crippen molar-refractivity contribution in [1.29, 1.82) is 0 Å². The Hall–Kier alpha value is -3.97. The molecule has 0 aliphatic heterocycles. The molecule has 0 saturated heterocycles. The highest BCUT2D eigenvalue weighted by atomic mass is 32.1. The van der Waals surface area contributed by atoms with E-state index in [0.717, 1.165) is 26.8 Å². The number of hydrogen-bond donors (Lipinski definition) is 2. The van der Waals surface area contributed by atoms with Gasteiger partial charge in [-0.2, -0.15) is 4.98 Å². The number of hydrogen-bond acceptors (Lipinski definition) is 6. The molecule has 0 spiro atoms. The van der Waals surface area contributed by atoms with E-state index in [0.29, 0.717) is 33.3 Å². The third-order valence-corrected chi connectivity index (χ3v) is 6.70. The molecule has 5 aromatic rings. The Balaban J connectivity index is 1.69. The molecule has 0 bridgehead atoms. The topological polar surface area (TPSA) is 89.3 Å². The molecule has 0 unspecified atom stereocenters. The van der Waals surface area contributed by atoms with E-state index in [4.69, 9.17) is 10.2 Å². The number of phenolic OH excluding ortho intramolecular Hbond substituents is 1. The number of rotatable bonds is 4. The number of ketones is 1. The Morgan fingerprint density at radius 2 is 1.70 bits per heavy atom. The Morgan fingerprint density at radius 3 is 2.33 bits per heavy atom. The first-order valence-electron chi connectivity index (χ1n) is 10.2. The van der Waals surface area contributed by atoms with Gasteiger partial charge in [-0.3, -0.25) is 4.79 Å². The largest absolute Gasteiger partial charge is 0.508 e. The van der Waals surface area contributed by atoms with Crippen molar-refractivity contribution in [2.75, 3.05) is 5.73 Å². The molecule has 33 heavy (non-hydrogen) atoms. The third kappa shape index (κ3) is 3.66. The zero-order valence-corrected chi connectivity index (χ0v) is 18.7. The molecule has 0 aliphatic rings. The van der Waals surface area contributed by atoms with Gasteiger partial charge in [-0.25, -0.2) is 4.39 Å². The van der Waals surface area contributed by atoms with Crippen LogP contribution in [0.15, 0.2) is 65.3 Å². The summed E-state index contributed by atoms with van der Waals surface area (Å²) >= 11 is 1.31. The highest BCUT2D eigenvalue weighted by molar-refractivity contribution is 7.21. The van der Waals surface area contributed by atoms with E-state index in [2.05, 4.69) is 4.98 Å². The van der Waals surface area contributed by atoms with Gasteiger partial charge in [-0.15, -0.1) is 11.3 Å². The number of nitrogens with two attached hydrogens (primary N) is 1. The number of oxazole rings is 1. The van der Waals surface area contributed by atoms with E-state index in [-0.39, 0.29) is 17.3 Å². The van der Waals surface area contributed by atoms with Gasteiger partial charge < -0.3 is 15.3 Å². The second kappa shape index (κ2) is 7.86. The normalized spacial score (nSPS) is 11.2. The number of anilines is 1. The lowest BCUT2D eigenvalue weighted by Crippen LogP contribution is -2.06. The Morgan fingerprint density at radius 1 is 1.03 bits per heavy atom. The van der Waals surface area contributed by atoms with Crippen LogP contribution in [0.5, 0.6) is 5.75 Å². The van der Waals surface area contributed by atoms with Crippen LogP contribution >= 0.6 is 11.3 Å². The molecule has 2 heterocycles. The number of aryl methyl sites for hydroxylation is 2. The summed E-state index contributed by atoms with van der Waals surface area (Å²) in [5, 5.41) is 10.8. The predicted molar refractivity (Wildman–Crippen MR) is 128 cm³/mol. The van der Waals surface area contributed by atoms with Gasteiger partial charge in [0.25, 0.3) is 0 Å². The molecule has 5 rings (SSSR count). The maximum absolute atomic E-state index is 13.9. The number of fused-ring (bicyclic) bond motifs is 1. The fourth-order valence-electron chi connectivity index (χ4n) is 4.11. The number of carbonyl (C=O) groups excluding carboxylic acids is 1. The number of halogens is 1. The number of nitrogen functional groups attached to an aromatic ring is 1. The summed E-state index contributed by atoms with van der Waals surface area (Å²) in [7, 11) is 0. The molecule has 0 fully saturated rings. The van der Waals surface area contributed by atoms with Crippen LogP contribution in [-0.4, -0.2) is 15.9 Å². The summed E-state index contributed by atoms with van der Waals surface area (Å²) in [5.74, 6) is 0.292. The number of aromatic hydroxyl groups is 1. The SMILES string of the molecule is Cc1cc(F)cc(C)c1C(=O)c1sc2cc(O)ccc2c1-c1ccc(-c2nc(N)co2)cc1. The van der Waals surface area contributed by atoms with Crippen molar-refractivity contribution < 1.29 is 18.7 Å². The lowest BCUT2D eigenvalue weighted by Gasteiger charge is -2.10. The predicted octanol–water partition coefficient (Wildman–Crippen LogP) is 6.50. The molecule has 0 amide bonds. The van der Waals surface area contributed by atoms with E-state index >= 15 is 0 Å². The van der Waals surface area contributed by atoms with Crippen LogP contribution in [-0.2, 0) is 0 Å². The van der Waals surface area contributed by atoms with E-state index in [1.54, 1.807) is 32.0 Å². The van der Waals surface area contributed by atoms with E-state index < -0.39 is 0 Å². The molecular weight excluding hydrogens is 439 g/mol. The first-order chi connectivity index (χ1) is 15.8. The zero-order valence-electron chi connectivity index (χ0n) is 17.8. The van der Waals surface area contributed by atoms with Crippen molar-refractivity contribution in [3.05, 3.63) is 88.2 Å². The monoisotopic (exact) mass is 458 g/mol. The molecule has 0 aliphatic carbocycles. The van der Waals surface area contributed by atoms with Crippen molar-refractivity contribution in [2.24, 2.45) is 0 Å². The lowest BCUT2D eigenvalue weighted by atomic mass is 9.93. The third-order valence-electron chi connectivity index (χ3n) is 5.55. The van der Waals surface area contributed by atoms with Crippen LogP contribution in [0.3, 0.4) is 0 Å². The number of carbonyl (C=O) groups is 1. The van der Waals surface area contributed by atoms with Gasteiger partial charge in [0, 0.05) is 26.8 Å². The van der Waals surface area contributed by atoms with Crippen LogP contribution in [0.2, 0.25) is 0 Å². The van der Waals surface area contributed by atoms with E-state index in [1.165, 1.54) is 29.7 Å². The van der Waals surface area contributed by atoms with Gasteiger partial charge in [0.05, 0.1) is 4.88 Å². The van der Waals surface area contributed by atoms with Crippen molar-refractivity contribution >= 4 is 33.0 Å². The van der Waals surface area contributed by atoms with Gasteiger partial charge >= 0.3 is 0 Å². The Labute approximate surface area is 192 Å². The molecule has 3 N–H and O–H groups in total. The molecule has 2 aromatic heterocycles. The molecule has 164 valence electrons. The van der Waals surface area contributed by atoms with Crippen LogP contribution in [0.25, 0.3) is 32.7 Å². The summed E-state index contributed by atoms with van der Waals surface area (Å²) < 4.78 is 20.0. The standard InChI is InChI=1S/C26H19FN2O3S/c1-13-9-17(27)10-14(2)22(13)24(31)25-23(19-8-7-18(30)11-20(19)33-25)15-3-5-16(6-4-15)26-29-21(28)12-32-26/h3-12,30H,28H2,1-2H3. The Kier molecular flexibility index (Phi) is 4.98. The summed E-state index contributed by atoms with van der Waals surface area (Å²) in [6.07, 6.45) is 1.38. The van der Waals surface area contributed by atoms with E-state index in [9.17, 15) is 14.3 Å². The summed E-state index contributed by atoms with van der Waals surface area (Å²) in [6, 6.07) is 15.3. The number of nitrogens with zero attached hydrogens (tertiary/aromatic N) is 1. The van der Waals surface area contributed by atoms with Gasteiger partial charge in [0.2, 0.25) is 11.7 Å². The highest BCUT2D eigenvalue weighted by Crippen LogP contribution is 2.42. The smallest absolute Gasteiger partial charge is 0.227 e. The van der Waals surface area contributed by atoms with Gasteiger partial charge in [-0.1, -0.05) is 12.1 Å².